The highest BCUT2D eigenvalue weighted by Gasteiger charge is 2.34. The van der Waals surface area contributed by atoms with Crippen molar-refractivity contribution in [3.8, 4) is 11.3 Å². The molecular weight excluding hydrogens is 371 g/mol. The van der Waals surface area contributed by atoms with E-state index in [2.05, 4.69) is 21.9 Å². The minimum absolute atomic E-state index is 0.222. The molecule has 0 spiro atoms. The first kappa shape index (κ1) is 20.2. The third-order valence-electron chi connectivity index (χ3n) is 4.96. The number of imidazole rings is 1. The highest BCUT2D eigenvalue weighted by atomic mass is 19.4. The number of nitrogens with zero attached hydrogens (tertiary/aromatic N) is 3. The van der Waals surface area contributed by atoms with Gasteiger partial charge in [0.15, 0.2) is 0 Å². The maximum atomic E-state index is 12.7. The Hall–Kier alpha value is -2.58. The average molecular weight is 395 g/mol. The fourth-order valence-electron chi connectivity index (χ4n) is 3.12. The van der Waals surface area contributed by atoms with Gasteiger partial charge in [-0.15, -0.1) is 0 Å². The van der Waals surface area contributed by atoms with Crippen LogP contribution in [0.2, 0.25) is 0 Å². The number of rotatable bonds is 2. The molecule has 1 amide bonds. The number of aromatic amines is 1. The number of halogens is 3. The Balaban J connectivity index is 0.000000211. The maximum absolute atomic E-state index is 12.7. The third kappa shape index (κ3) is 4.82. The summed E-state index contributed by atoms with van der Waals surface area (Å²) < 4.78 is 38.2. The number of likely N-dealkylation sites (tertiary alicyclic amines) is 1. The number of carbonyl (C=O) groups is 1. The zero-order valence-electron chi connectivity index (χ0n) is 15.9. The predicted octanol–water partition coefficient (Wildman–Crippen LogP) is 3.82. The molecule has 0 aromatic carbocycles. The van der Waals surface area contributed by atoms with E-state index < -0.39 is 17.6 Å². The Bertz CT molecular complexity index is 844. The number of aromatic nitrogens is 3. The summed E-state index contributed by atoms with van der Waals surface area (Å²) in [5.74, 6) is 1.66. The van der Waals surface area contributed by atoms with Crippen LogP contribution in [-0.2, 0) is 11.0 Å². The normalized spacial score (nSPS) is 19.3. The molecule has 2 aromatic heterocycles. The first-order chi connectivity index (χ1) is 13.1. The van der Waals surface area contributed by atoms with Crippen LogP contribution in [0.15, 0.2) is 18.5 Å². The van der Waals surface area contributed by atoms with Crippen molar-refractivity contribution < 1.29 is 18.0 Å². The lowest BCUT2D eigenvalue weighted by Crippen LogP contribution is -2.25. The molecule has 2 aliphatic rings. The van der Waals surface area contributed by atoms with Crippen molar-refractivity contribution in [1.82, 2.24) is 19.9 Å². The predicted molar refractivity (Wildman–Crippen MR) is 99.2 cm³/mol. The SMILES string of the molecule is CC(=O)N1CCC(C)C1.Nc1ncc(-c2cnc(C3CC3)[nH]2)cc1C(F)(F)F. The molecule has 0 radical (unpaired) electrons. The van der Waals surface area contributed by atoms with Crippen LogP contribution < -0.4 is 5.73 Å². The lowest BCUT2D eigenvalue weighted by atomic mass is 10.1. The zero-order valence-corrected chi connectivity index (χ0v) is 15.9. The molecule has 2 aromatic rings. The molecule has 28 heavy (non-hydrogen) atoms. The van der Waals surface area contributed by atoms with Crippen molar-refractivity contribution in [1.29, 1.82) is 0 Å². The van der Waals surface area contributed by atoms with Gasteiger partial charge in [0, 0.05) is 37.7 Å². The molecule has 2 fully saturated rings. The summed E-state index contributed by atoms with van der Waals surface area (Å²) in [6.45, 7) is 5.76. The van der Waals surface area contributed by atoms with Crippen molar-refractivity contribution in [2.24, 2.45) is 5.92 Å². The number of nitrogens with two attached hydrogens (primary N) is 1. The van der Waals surface area contributed by atoms with Crippen LogP contribution >= 0.6 is 0 Å². The Morgan fingerprint density at radius 3 is 2.46 bits per heavy atom. The van der Waals surface area contributed by atoms with E-state index in [1.807, 2.05) is 4.90 Å². The van der Waals surface area contributed by atoms with Gasteiger partial charge >= 0.3 is 6.18 Å². The van der Waals surface area contributed by atoms with E-state index in [0.717, 1.165) is 37.8 Å². The van der Waals surface area contributed by atoms with Crippen molar-refractivity contribution in [3.05, 3.63) is 29.8 Å². The van der Waals surface area contributed by atoms with Gasteiger partial charge in [-0.1, -0.05) is 6.92 Å². The second kappa shape index (κ2) is 7.81. The first-order valence-electron chi connectivity index (χ1n) is 9.28. The van der Waals surface area contributed by atoms with Crippen molar-refractivity contribution in [2.45, 2.75) is 45.2 Å². The number of alkyl halides is 3. The molecule has 1 saturated heterocycles. The van der Waals surface area contributed by atoms with E-state index in [9.17, 15) is 18.0 Å². The van der Waals surface area contributed by atoms with E-state index in [4.69, 9.17) is 5.73 Å². The summed E-state index contributed by atoms with van der Waals surface area (Å²) in [6.07, 6.45) is 1.66. The van der Waals surface area contributed by atoms with Crippen LogP contribution in [0.3, 0.4) is 0 Å². The number of H-pyrrole nitrogens is 1. The number of nitrogens with one attached hydrogen (secondary N) is 1. The summed E-state index contributed by atoms with van der Waals surface area (Å²) in [7, 11) is 0. The average Bonchev–Trinajstić information content (AvgIpc) is 3.17. The van der Waals surface area contributed by atoms with Crippen LogP contribution in [0.4, 0.5) is 19.0 Å². The number of nitrogen functional groups attached to an aromatic ring is 1. The smallest absolute Gasteiger partial charge is 0.383 e. The molecule has 1 aliphatic carbocycles. The summed E-state index contributed by atoms with van der Waals surface area (Å²) in [4.78, 5) is 23.4. The van der Waals surface area contributed by atoms with Crippen molar-refractivity contribution in [3.63, 3.8) is 0 Å². The number of hydrogen-bond acceptors (Lipinski definition) is 4. The quantitative estimate of drug-likeness (QED) is 0.809. The van der Waals surface area contributed by atoms with Gasteiger partial charge in [0.2, 0.25) is 5.91 Å². The van der Waals surface area contributed by atoms with Crippen LogP contribution in [0, 0.1) is 5.92 Å². The highest BCUT2D eigenvalue weighted by molar-refractivity contribution is 5.73. The molecule has 4 rings (SSSR count). The molecule has 152 valence electrons. The van der Waals surface area contributed by atoms with Crippen molar-refractivity contribution >= 4 is 11.7 Å². The Morgan fingerprint density at radius 2 is 1.96 bits per heavy atom. The Labute approximate surface area is 161 Å². The van der Waals surface area contributed by atoms with E-state index in [1.165, 1.54) is 18.8 Å². The number of hydrogen-bond donors (Lipinski definition) is 2. The van der Waals surface area contributed by atoms with Gasteiger partial charge in [-0.2, -0.15) is 13.2 Å². The second-order valence-corrected chi connectivity index (χ2v) is 7.47. The largest absolute Gasteiger partial charge is 0.419 e. The molecule has 9 heteroatoms. The lowest BCUT2D eigenvalue weighted by molar-refractivity contribution is -0.137. The lowest BCUT2D eigenvalue weighted by Gasteiger charge is -2.11. The number of amides is 1. The van der Waals surface area contributed by atoms with Gasteiger partial charge < -0.3 is 15.6 Å². The molecule has 1 aliphatic heterocycles. The first-order valence-corrected chi connectivity index (χ1v) is 9.28. The molecular formula is C19H24F3N5O. The van der Waals surface area contributed by atoms with Crippen LogP contribution in [-0.4, -0.2) is 38.8 Å². The van der Waals surface area contributed by atoms with E-state index in [-0.39, 0.29) is 5.91 Å². The van der Waals surface area contributed by atoms with Gasteiger partial charge in [0.25, 0.3) is 0 Å². The molecule has 1 unspecified atom stereocenters. The number of anilines is 1. The zero-order chi connectivity index (χ0) is 20.5. The Kier molecular flexibility index (Phi) is 5.62. The number of pyridine rings is 1. The van der Waals surface area contributed by atoms with Crippen molar-refractivity contribution in [2.75, 3.05) is 18.8 Å². The molecule has 3 heterocycles. The summed E-state index contributed by atoms with van der Waals surface area (Å²) in [6, 6.07) is 0.993. The van der Waals surface area contributed by atoms with Gasteiger partial charge in [-0.3, -0.25) is 4.79 Å². The fraction of sp³-hybridized carbons (Fsp3) is 0.526. The highest BCUT2D eigenvalue weighted by Crippen LogP contribution is 2.39. The summed E-state index contributed by atoms with van der Waals surface area (Å²) >= 11 is 0. The molecule has 1 atom stereocenters. The molecule has 0 bridgehead atoms. The van der Waals surface area contributed by atoms with Gasteiger partial charge in [0.1, 0.15) is 11.6 Å². The van der Waals surface area contributed by atoms with Crippen LogP contribution in [0.25, 0.3) is 11.3 Å². The third-order valence-corrected chi connectivity index (χ3v) is 4.96. The molecule has 3 N–H and O–H groups in total. The summed E-state index contributed by atoms with van der Waals surface area (Å²) in [5, 5.41) is 0. The monoisotopic (exact) mass is 395 g/mol. The minimum Gasteiger partial charge on any atom is -0.383 e. The maximum Gasteiger partial charge on any atom is 0.419 e. The van der Waals surface area contributed by atoms with E-state index >= 15 is 0 Å². The second-order valence-electron chi connectivity index (χ2n) is 7.47. The van der Waals surface area contributed by atoms with Crippen LogP contribution in [0.5, 0.6) is 0 Å². The van der Waals surface area contributed by atoms with E-state index in [1.54, 1.807) is 6.92 Å². The molecule has 1 saturated carbocycles. The number of carbonyl (C=O) groups excluding carboxylic acids is 1. The Morgan fingerprint density at radius 1 is 1.25 bits per heavy atom. The minimum atomic E-state index is -4.51. The van der Waals surface area contributed by atoms with Crippen LogP contribution in [0.1, 0.15) is 50.4 Å². The molecule has 6 nitrogen and oxygen atoms in total. The van der Waals surface area contributed by atoms with Gasteiger partial charge in [-0.25, -0.2) is 9.97 Å². The topological polar surface area (TPSA) is 87.9 Å². The van der Waals surface area contributed by atoms with Gasteiger partial charge in [0.05, 0.1) is 17.5 Å². The standard InChI is InChI=1S/C12H11F3N4.C7H13NO/c13-12(14,15)8-3-7(4-17-10(8)16)9-5-18-11(19-9)6-1-2-6;1-6-3-4-8(5-6)7(2)9/h3-6H,1-2H2,(H2,16,17)(H,18,19);6H,3-5H2,1-2H3. The summed E-state index contributed by atoms with van der Waals surface area (Å²) in [5.41, 5.74) is 5.20. The van der Waals surface area contributed by atoms with Gasteiger partial charge in [-0.05, 0) is 31.2 Å². The van der Waals surface area contributed by atoms with E-state index in [0.29, 0.717) is 23.1 Å². The fourth-order valence-corrected chi connectivity index (χ4v) is 3.12.